The van der Waals surface area contributed by atoms with E-state index in [4.69, 9.17) is 9.47 Å². The molecule has 0 aliphatic carbocycles. The quantitative estimate of drug-likeness (QED) is 0.705. The third-order valence-electron chi connectivity index (χ3n) is 4.39. The number of ether oxygens (including phenoxy) is 2. The van der Waals surface area contributed by atoms with Crippen LogP contribution < -0.4 is 5.32 Å². The van der Waals surface area contributed by atoms with E-state index in [1.165, 1.54) is 0 Å². The Morgan fingerprint density at radius 1 is 1.07 bits per heavy atom. The molecule has 1 aromatic carbocycles. The molecule has 0 unspecified atom stereocenters. The number of nitrogens with zero attached hydrogens (tertiary/aromatic N) is 1. The fourth-order valence-electron chi connectivity index (χ4n) is 2.92. The molecule has 2 aromatic rings. The van der Waals surface area contributed by atoms with Gasteiger partial charge in [0, 0.05) is 17.1 Å². The summed E-state index contributed by atoms with van der Waals surface area (Å²) in [5.74, 6) is -1.39. The molecule has 2 rings (SSSR count). The smallest absolute Gasteiger partial charge is 0.339 e. The number of carbonyl (C=O) groups is 3. The van der Waals surface area contributed by atoms with Gasteiger partial charge in [-0.15, -0.1) is 0 Å². The summed E-state index contributed by atoms with van der Waals surface area (Å²) in [5.41, 5.74) is 3.49. The molecule has 0 radical (unpaired) electrons. The highest BCUT2D eigenvalue weighted by Crippen LogP contribution is 2.17. The normalized spacial score (nSPS) is 10.4. The number of nitrogens with one attached hydrogen (secondary N) is 1. The van der Waals surface area contributed by atoms with E-state index < -0.39 is 17.8 Å². The highest BCUT2D eigenvalue weighted by Gasteiger charge is 2.19. The van der Waals surface area contributed by atoms with E-state index in [9.17, 15) is 14.4 Å². The molecule has 1 amide bonds. The average molecular weight is 386 g/mol. The minimum Gasteiger partial charge on any atom is -0.462 e. The number of hydrogen-bond donors (Lipinski definition) is 1. The summed E-state index contributed by atoms with van der Waals surface area (Å²) in [4.78, 5) is 36.2. The van der Waals surface area contributed by atoms with Crippen LogP contribution in [-0.2, 0) is 32.0 Å². The third kappa shape index (κ3) is 5.22. The highest BCUT2D eigenvalue weighted by atomic mass is 16.5. The molecule has 0 fully saturated rings. The molecule has 28 heavy (non-hydrogen) atoms. The molecule has 0 aliphatic rings. The fraction of sp³-hybridized carbons (Fsp3) is 0.381. The fourth-order valence-corrected chi connectivity index (χ4v) is 2.92. The average Bonchev–Trinajstić information content (AvgIpc) is 2.95. The molecule has 7 nitrogen and oxygen atoms in total. The van der Waals surface area contributed by atoms with Gasteiger partial charge in [0.1, 0.15) is 6.54 Å². The molecule has 1 heterocycles. The molecule has 0 saturated carbocycles. The number of anilines is 1. The van der Waals surface area contributed by atoms with Crippen LogP contribution in [0.25, 0.3) is 0 Å². The molecule has 7 heteroatoms. The number of aromatic nitrogens is 1. The van der Waals surface area contributed by atoms with E-state index in [1.807, 2.05) is 31.2 Å². The SMILES string of the molecule is CCOC(=O)c1cc(C)n(CC(=O)OCC(=O)Nc2ccccc2CC)c1C. The van der Waals surface area contributed by atoms with Gasteiger partial charge in [-0.25, -0.2) is 4.79 Å². The molecule has 0 atom stereocenters. The maximum Gasteiger partial charge on any atom is 0.339 e. The highest BCUT2D eigenvalue weighted by molar-refractivity contribution is 5.93. The lowest BCUT2D eigenvalue weighted by molar-refractivity contribution is -0.147. The Bertz CT molecular complexity index is 870. The Morgan fingerprint density at radius 2 is 1.79 bits per heavy atom. The van der Waals surface area contributed by atoms with Gasteiger partial charge >= 0.3 is 11.9 Å². The molecule has 0 aliphatic heterocycles. The van der Waals surface area contributed by atoms with Gasteiger partial charge in [-0.1, -0.05) is 25.1 Å². The third-order valence-corrected chi connectivity index (χ3v) is 4.39. The van der Waals surface area contributed by atoms with Crippen molar-refractivity contribution < 1.29 is 23.9 Å². The van der Waals surface area contributed by atoms with Crippen LogP contribution in [0.3, 0.4) is 0 Å². The molecule has 150 valence electrons. The van der Waals surface area contributed by atoms with Crippen molar-refractivity contribution in [2.24, 2.45) is 0 Å². The van der Waals surface area contributed by atoms with Crippen molar-refractivity contribution in [2.75, 3.05) is 18.5 Å². The maximum atomic E-state index is 12.2. The molecule has 1 aromatic heterocycles. The molecular formula is C21H26N2O5. The van der Waals surface area contributed by atoms with E-state index in [0.29, 0.717) is 16.9 Å². The van der Waals surface area contributed by atoms with Crippen molar-refractivity contribution in [3.63, 3.8) is 0 Å². The van der Waals surface area contributed by atoms with Crippen LogP contribution in [0.1, 0.15) is 41.2 Å². The first-order valence-corrected chi connectivity index (χ1v) is 9.24. The Morgan fingerprint density at radius 3 is 2.46 bits per heavy atom. The second-order valence-corrected chi connectivity index (χ2v) is 6.31. The van der Waals surface area contributed by atoms with E-state index in [2.05, 4.69) is 5.32 Å². The zero-order valence-electron chi connectivity index (χ0n) is 16.7. The van der Waals surface area contributed by atoms with Gasteiger partial charge < -0.3 is 19.4 Å². The first-order chi connectivity index (χ1) is 13.4. The lowest BCUT2D eigenvalue weighted by atomic mass is 10.1. The number of benzene rings is 1. The Hall–Kier alpha value is -3.09. The largest absolute Gasteiger partial charge is 0.462 e. The molecule has 0 bridgehead atoms. The van der Waals surface area contributed by atoms with Crippen molar-refractivity contribution in [3.8, 4) is 0 Å². The molecular weight excluding hydrogens is 360 g/mol. The van der Waals surface area contributed by atoms with Crippen molar-refractivity contribution in [1.82, 2.24) is 4.57 Å². The summed E-state index contributed by atoms with van der Waals surface area (Å²) in [6, 6.07) is 9.15. The van der Waals surface area contributed by atoms with Gasteiger partial charge in [-0.3, -0.25) is 9.59 Å². The second-order valence-electron chi connectivity index (χ2n) is 6.31. The summed E-state index contributed by atoms with van der Waals surface area (Å²) in [5, 5.41) is 2.75. The topological polar surface area (TPSA) is 86.6 Å². The van der Waals surface area contributed by atoms with Crippen LogP contribution >= 0.6 is 0 Å². The van der Waals surface area contributed by atoms with Gasteiger partial charge in [0.15, 0.2) is 6.61 Å². The van der Waals surface area contributed by atoms with Crippen LogP contribution in [-0.4, -0.2) is 35.6 Å². The van der Waals surface area contributed by atoms with Crippen molar-refractivity contribution in [3.05, 3.63) is 52.8 Å². The summed E-state index contributed by atoms with van der Waals surface area (Å²) in [6.45, 7) is 7.08. The lowest BCUT2D eigenvalue weighted by Crippen LogP contribution is -2.24. The number of rotatable bonds is 8. The lowest BCUT2D eigenvalue weighted by Gasteiger charge is -2.11. The van der Waals surface area contributed by atoms with Crippen molar-refractivity contribution in [2.45, 2.75) is 40.7 Å². The second kappa shape index (κ2) is 9.73. The number of para-hydroxylation sites is 1. The van der Waals surface area contributed by atoms with E-state index in [0.717, 1.165) is 17.7 Å². The maximum absolute atomic E-state index is 12.2. The number of carbonyl (C=O) groups excluding carboxylic acids is 3. The minimum atomic E-state index is -0.559. The van der Waals surface area contributed by atoms with Crippen LogP contribution in [0.5, 0.6) is 0 Å². The summed E-state index contributed by atoms with van der Waals surface area (Å²) in [6.07, 6.45) is 0.783. The Balaban J connectivity index is 1.94. The van der Waals surface area contributed by atoms with Gasteiger partial charge in [0.25, 0.3) is 5.91 Å². The van der Waals surface area contributed by atoms with Gasteiger partial charge in [0.2, 0.25) is 0 Å². The van der Waals surface area contributed by atoms with Crippen LogP contribution in [0, 0.1) is 13.8 Å². The van der Waals surface area contributed by atoms with E-state index in [-0.39, 0.29) is 19.8 Å². The molecule has 1 N–H and O–H groups in total. The monoisotopic (exact) mass is 386 g/mol. The first-order valence-electron chi connectivity index (χ1n) is 9.24. The summed E-state index contributed by atoms with van der Waals surface area (Å²) >= 11 is 0. The van der Waals surface area contributed by atoms with Gasteiger partial charge in [0.05, 0.1) is 12.2 Å². The summed E-state index contributed by atoms with van der Waals surface area (Å²) < 4.78 is 11.8. The Labute approximate surface area is 164 Å². The zero-order valence-corrected chi connectivity index (χ0v) is 16.7. The number of hydrogen-bond acceptors (Lipinski definition) is 5. The standard InChI is InChI=1S/C21H26N2O5/c1-5-16-9-7-8-10-18(16)22-19(24)13-28-20(25)12-23-14(3)11-17(15(23)4)21(26)27-6-2/h7-11H,5-6,12-13H2,1-4H3,(H,22,24). The number of aryl methyl sites for hydroxylation is 2. The summed E-state index contributed by atoms with van der Waals surface area (Å²) in [7, 11) is 0. The number of amides is 1. The van der Waals surface area contributed by atoms with Gasteiger partial charge in [-0.2, -0.15) is 0 Å². The van der Waals surface area contributed by atoms with Crippen LogP contribution in [0.4, 0.5) is 5.69 Å². The molecule has 0 saturated heterocycles. The van der Waals surface area contributed by atoms with E-state index in [1.54, 1.807) is 31.4 Å². The zero-order chi connectivity index (χ0) is 20.7. The predicted molar refractivity (Wildman–Crippen MR) is 105 cm³/mol. The van der Waals surface area contributed by atoms with Crippen molar-refractivity contribution in [1.29, 1.82) is 0 Å². The van der Waals surface area contributed by atoms with Crippen LogP contribution in [0.2, 0.25) is 0 Å². The van der Waals surface area contributed by atoms with E-state index >= 15 is 0 Å². The van der Waals surface area contributed by atoms with Gasteiger partial charge in [-0.05, 0) is 44.9 Å². The van der Waals surface area contributed by atoms with Crippen molar-refractivity contribution >= 4 is 23.5 Å². The first kappa shape index (κ1) is 21.2. The number of esters is 2. The minimum absolute atomic E-state index is 0.0874. The molecule has 0 spiro atoms. The van der Waals surface area contributed by atoms with Crippen LogP contribution in [0.15, 0.2) is 30.3 Å². The Kier molecular flexibility index (Phi) is 7.37. The predicted octanol–water partition coefficient (Wildman–Crippen LogP) is 3.03.